The van der Waals surface area contributed by atoms with Gasteiger partial charge in [0.25, 0.3) is 0 Å². The highest BCUT2D eigenvalue weighted by molar-refractivity contribution is 5.37. The molecule has 0 fully saturated rings. The smallest absolute Gasteiger partial charge is 0.124 e. The summed E-state index contributed by atoms with van der Waals surface area (Å²) in [5.41, 5.74) is 2.50. The minimum Gasteiger partial charge on any atom is -0.496 e. The Morgan fingerprint density at radius 2 is 1.95 bits per heavy atom. The van der Waals surface area contributed by atoms with Gasteiger partial charge in [0.1, 0.15) is 5.75 Å². The van der Waals surface area contributed by atoms with E-state index in [-0.39, 0.29) is 5.54 Å². The fourth-order valence-electron chi connectivity index (χ4n) is 1.85. The van der Waals surface area contributed by atoms with E-state index in [9.17, 15) is 0 Å². The van der Waals surface area contributed by atoms with E-state index in [1.165, 1.54) is 5.56 Å². The molecule has 0 radical (unpaired) electrons. The van der Waals surface area contributed by atoms with Gasteiger partial charge in [-0.3, -0.25) is 0 Å². The fourth-order valence-corrected chi connectivity index (χ4v) is 1.85. The molecule has 3 nitrogen and oxygen atoms in total. The van der Waals surface area contributed by atoms with E-state index in [4.69, 9.17) is 9.47 Å². The van der Waals surface area contributed by atoms with Gasteiger partial charge in [0, 0.05) is 24.3 Å². The zero-order valence-electron chi connectivity index (χ0n) is 13.6. The van der Waals surface area contributed by atoms with Gasteiger partial charge in [-0.15, -0.1) is 0 Å². The van der Waals surface area contributed by atoms with Crippen LogP contribution in [0.3, 0.4) is 0 Å². The summed E-state index contributed by atoms with van der Waals surface area (Å²) in [6.45, 7) is 11.0. The molecular weight excluding hydrogens is 250 g/mol. The lowest BCUT2D eigenvalue weighted by Crippen LogP contribution is -2.35. The van der Waals surface area contributed by atoms with Crippen LogP contribution in [0, 0.1) is 0 Å². The molecule has 1 aromatic carbocycles. The summed E-state index contributed by atoms with van der Waals surface area (Å²) in [7, 11) is 1.71. The summed E-state index contributed by atoms with van der Waals surface area (Å²) >= 11 is 0. The van der Waals surface area contributed by atoms with Gasteiger partial charge in [0.2, 0.25) is 0 Å². The highest BCUT2D eigenvalue weighted by Crippen LogP contribution is 2.21. The first-order chi connectivity index (χ1) is 9.46. The lowest BCUT2D eigenvalue weighted by molar-refractivity contribution is 0.116. The number of nitrogens with one attached hydrogen (secondary N) is 1. The Hall–Kier alpha value is -1.06. The van der Waals surface area contributed by atoms with Crippen LogP contribution < -0.4 is 10.1 Å². The third kappa shape index (κ3) is 6.40. The molecule has 0 atom stereocenters. The van der Waals surface area contributed by atoms with Gasteiger partial charge in [-0.05, 0) is 44.9 Å². The first kappa shape index (κ1) is 17.0. The number of benzene rings is 1. The van der Waals surface area contributed by atoms with Crippen molar-refractivity contribution in [2.75, 3.05) is 13.7 Å². The van der Waals surface area contributed by atoms with Gasteiger partial charge in [-0.2, -0.15) is 0 Å². The minimum absolute atomic E-state index is 0.123. The first-order valence-electron chi connectivity index (χ1n) is 7.45. The van der Waals surface area contributed by atoms with E-state index in [0.717, 1.165) is 37.3 Å². The van der Waals surface area contributed by atoms with E-state index in [1.54, 1.807) is 7.11 Å². The van der Waals surface area contributed by atoms with Crippen LogP contribution in [0.25, 0.3) is 0 Å². The topological polar surface area (TPSA) is 30.5 Å². The molecule has 0 saturated heterocycles. The molecule has 20 heavy (non-hydrogen) atoms. The maximum atomic E-state index is 5.70. The molecule has 114 valence electrons. The molecule has 1 rings (SSSR count). The Balaban J connectivity index is 2.65. The molecule has 0 aromatic heterocycles. The molecule has 3 heteroatoms. The summed E-state index contributed by atoms with van der Waals surface area (Å²) in [5, 5.41) is 3.50. The Morgan fingerprint density at radius 1 is 1.20 bits per heavy atom. The van der Waals surface area contributed by atoms with Crippen molar-refractivity contribution in [3.63, 3.8) is 0 Å². The van der Waals surface area contributed by atoms with Crippen molar-refractivity contribution in [1.82, 2.24) is 5.32 Å². The van der Waals surface area contributed by atoms with Crippen molar-refractivity contribution in [2.45, 2.75) is 59.2 Å². The maximum Gasteiger partial charge on any atom is 0.124 e. The Labute approximate surface area is 123 Å². The number of hydrogen-bond donors (Lipinski definition) is 1. The highest BCUT2D eigenvalue weighted by atomic mass is 16.5. The summed E-state index contributed by atoms with van der Waals surface area (Å²) in [6.07, 6.45) is 2.26. The predicted molar refractivity (Wildman–Crippen MR) is 84.2 cm³/mol. The van der Waals surface area contributed by atoms with E-state index >= 15 is 0 Å². The minimum atomic E-state index is 0.123. The summed E-state index contributed by atoms with van der Waals surface area (Å²) in [6, 6.07) is 6.30. The average molecular weight is 279 g/mol. The quantitative estimate of drug-likeness (QED) is 0.732. The monoisotopic (exact) mass is 279 g/mol. The zero-order chi connectivity index (χ0) is 15.0. The molecule has 0 saturated carbocycles. The zero-order valence-corrected chi connectivity index (χ0v) is 13.6. The molecule has 0 aliphatic heterocycles. The number of unbranched alkanes of at least 4 members (excludes halogenated alkanes) is 1. The average Bonchev–Trinajstić information content (AvgIpc) is 2.40. The van der Waals surface area contributed by atoms with Crippen molar-refractivity contribution in [1.29, 1.82) is 0 Å². The van der Waals surface area contributed by atoms with Gasteiger partial charge >= 0.3 is 0 Å². The molecule has 1 N–H and O–H groups in total. The number of methoxy groups -OCH3 is 1. The van der Waals surface area contributed by atoms with E-state index in [2.05, 4.69) is 45.1 Å². The van der Waals surface area contributed by atoms with Crippen LogP contribution in [0.15, 0.2) is 18.2 Å². The standard InChI is InChI=1S/C17H29NO2/c1-6-7-10-20-13-15-11-14(8-9-16(15)19-5)12-18-17(2,3)4/h8-9,11,18H,6-7,10,12-13H2,1-5H3. The molecule has 1 aromatic rings. The fraction of sp³-hybridized carbons (Fsp3) is 0.647. The van der Waals surface area contributed by atoms with Crippen LogP contribution in [0.2, 0.25) is 0 Å². The number of ether oxygens (including phenoxy) is 2. The van der Waals surface area contributed by atoms with Crippen LogP contribution in [0.1, 0.15) is 51.7 Å². The highest BCUT2D eigenvalue weighted by Gasteiger charge is 2.10. The van der Waals surface area contributed by atoms with Crippen LogP contribution >= 0.6 is 0 Å². The number of rotatable bonds is 8. The molecule has 0 spiro atoms. The lowest BCUT2D eigenvalue weighted by atomic mass is 10.1. The van der Waals surface area contributed by atoms with Gasteiger partial charge in [0.15, 0.2) is 0 Å². The number of hydrogen-bond acceptors (Lipinski definition) is 3. The van der Waals surface area contributed by atoms with Gasteiger partial charge in [-0.25, -0.2) is 0 Å². The van der Waals surface area contributed by atoms with Crippen LogP contribution in [-0.4, -0.2) is 19.3 Å². The van der Waals surface area contributed by atoms with Crippen molar-refractivity contribution >= 4 is 0 Å². The van der Waals surface area contributed by atoms with Crippen LogP contribution in [0.4, 0.5) is 0 Å². The third-order valence-corrected chi connectivity index (χ3v) is 3.07. The van der Waals surface area contributed by atoms with Crippen molar-refractivity contribution in [3.8, 4) is 5.75 Å². The van der Waals surface area contributed by atoms with Gasteiger partial charge in [0.05, 0.1) is 13.7 Å². The Bertz CT molecular complexity index is 396. The molecule has 0 unspecified atom stereocenters. The first-order valence-corrected chi connectivity index (χ1v) is 7.45. The summed E-state index contributed by atoms with van der Waals surface area (Å²) in [4.78, 5) is 0. The van der Waals surface area contributed by atoms with Gasteiger partial charge < -0.3 is 14.8 Å². The Morgan fingerprint density at radius 3 is 2.55 bits per heavy atom. The van der Waals surface area contributed by atoms with E-state index in [1.807, 2.05) is 6.07 Å². The maximum absolute atomic E-state index is 5.70. The molecule has 0 aliphatic rings. The molecule has 0 amide bonds. The normalized spacial score (nSPS) is 11.7. The molecule has 0 aliphatic carbocycles. The largest absolute Gasteiger partial charge is 0.496 e. The second-order valence-corrected chi connectivity index (χ2v) is 6.16. The molecular formula is C17H29NO2. The Kier molecular flexibility index (Phi) is 7.03. The predicted octanol–water partition coefficient (Wildman–Crippen LogP) is 3.90. The summed E-state index contributed by atoms with van der Waals surface area (Å²) in [5.74, 6) is 0.904. The second kappa shape index (κ2) is 8.28. The van der Waals surface area contributed by atoms with Crippen LogP contribution in [-0.2, 0) is 17.9 Å². The summed E-state index contributed by atoms with van der Waals surface area (Å²) < 4.78 is 11.1. The lowest BCUT2D eigenvalue weighted by Gasteiger charge is -2.21. The van der Waals surface area contributed by atoms with Crippen LogP contribution in [0.5, 0.6) is 5.75 Å². The SMILES string of the molecule is CCCCOCc1cc(CNC(C)(C)C)ccc1OC. The van der Waals surface area contributed by atoms with Crippen molar-refractivity contribution < 1.29 is 9.47 Å². The van der Waals surface area contributed by atoms with E-state index < -0.39 is 0 Å². The second-order valence-electron chi connectivity index (χ2n) is 6.16. The van der Waals surface area contributed by atoms with Crippen molar-refractivity contribution in [2.24, 2.45) is 0 Å². The third-order valence-electron chi connectivity index (χ3n) is 3.07. The van der Waals surface area contributed by atoms with Gasteiger partial charge in [-0.1, -0.05) is 19.4 Å². The van der Waals surface area contributed by atoms with Crippen molar-refractivity contribution in [3.05, 3.63) is 29.3 Å². The molecule has 0 bridgehead atoms. The van der Waals surface area contributed by atoms with E-state index in [0.29, 0.717) is 6.61 Å². The molecule has 0 heterocycles.